The molecule has 0 bridgehead atoms. The molecule has 0 saturated carbocycles. The Morgan fingerprint density at radius 1 is 1.07 bits per heavy atom. The highest BCUT2D eigenvalue weighted by Crippen LogP contribution is 2.28. The van der Waals surface area contributed by atoms with Gasteiger partial charge in [-0.15, -0.1) is 10.2 Å². The molecule has 0 unspecified atom stereocenters. The predicted octanol–water partition coefficient (Wildman–Crippen LogP) is 4.85. The highest BCUT2D eigenvalue weighted by Gasteiger charge is 2.22. The highest BCUT2D eigenvalue weighted by molar-refractivity contribution is 8.00. The summed E-state index contributed by atoms with van der Waals surface area (Å²) in [6, 6.07) is 11.3. The van der Waals surface area contributed by atoms with Crippen LogP contribution in [-0.4, -0.2) is 21.2 Å². The molecule has 0 aliphatic carbocycles. The molecule has 8 heteroatoms. The van der Waals surface area contributed by atoms with Crippen LogP contribution in [0, 0.1) is 11.6 Å². The average Bonchev–Trinajstić information content (AvgIpc) is 3.12. The number of nitrogens with zero attached hydrogens (tertiary/aromatic N) is 2. The first-order chi connectivity index (χ1) is 12.9. The van der Waals surface area contributed by atoms with E-state index in [0.29, 0.717) is 5.56 Å². The molecule has 140 valence electrons. The molecule has 2 atom stereocenters. The number of Topliss-reactive ketones (excluding diaryl/α,β-unsaturated/α-hetero) is 1. The summed E-state index contributed by atoms with van der Waals surface area (Å²) in [5.74, 6) is -0.830. The second-order valence-electron chi connectivity index (χ2n) is 5.73. The van der Waals surface area contributed by atoms with E-state index in [4.69, 9.17) is 9.15 Å². The minimum absolute atomic E-state index is 0.0808. The molecule has 3 rings (SSSR count). The van der Waals surface area contributed by atoms with E-state index in [2.05, 4.69) is 10.2 Å². The highest BCUT2D eigenvalue weighted by atomic mass is 32.2. The fourth-order valence-electron chi connectivity index (χ4n) is 2.27. The second kappa shape index (κ2) is 8.30. The molecular weight excluding hydrogens is 374 g/mol. The summed E-state index contributed by atoms with van der Waals surface area (Å²) in [4.78, 5) is 12.4. The summed E-state index contributed by atoms with van der Waals surface area (Å²) in [5, 5.41) is 7.47. The number of ketones is 1. The van der Waals surface area contributed by atoms with E-state index in [1.54, 1.807) is 26.0 Å². The van der Waals surface area contributed by atoms with Crippen molar-refractivity contribution in [2.24, 2.45) is 0 Å². The SMILES string of the molecule is C[C@H](Sc1nnc([C@H](C)Oc2ccccc2F)o1)C(=O)c1ccc(F)cc1. The van der Waals surface area contributed by atoms with Gasteiger partial charge in [0.25, 0.3) is 11.1 Å². The maximum Gasteiger partial charge on any atom is 0.277 e. The summed E-state index contributed by atoms with van der Waals surface area (Å²) in [6.07, 6.45) is -0.660. The Morgan fingerprint density at radius 3 is 2.48 bits per heavy atom. The summed E-state index contributed by atoms with van der Waals surface area (Å²) in [6.45, 7) is 3.35. The molecule has 1 heterocycles. The topological polar surface area (TPSA) is 65.2 Å². The molecule has 0 spiro atoms. The molecule has 0 aliphatic rings. The van der Waals surface area contributed by atoms with Crippen LogP contribution in [0.4, 0.5) is 8.78 Å². The van der Waals surface area contributed by atoms with Gasteiger partial charge in [0.05, 0.1) is 5.25 Å². The van der Waals surface area contributed by atoms with E-state index in [1.165, 1.54) is 36.4 Å². The van der Waals surface area contributed by atoms with Crippen LogP contribution in [0.3, 0.4) is 0 Å². The lowest BCUT2D eigenvalue weighted by atomic mass is 10.1. The molecule has 3 aromatic rings. The summed E-state index contributed by atoms with van der Waals surface area (Å²) in [5.41, 5.74) is 0.396. The molecule has 27 heavy (non-hydrogen) atoms. The molecule has 0 radical (unpaired) electrons. The lowest BCUT2D eigenvalue weighted by Crippen LogP contribution is -2.13. The molecule has 5 nitrogen and oxygen atoms in total. The van der Waals surface area contributed by atoms with Crippen LogP contribution in [0.5, 0.6) is 5.75 Å². The quantitative estimate of drug-likeness (QED) is 0.424. The first-order valence-electron chi connectivity index (χ1n) is 8.15. The van der Waals surface area contributed by atoms with Crippen LogP contribution < -0.4 is 4.74 Å². The zero-order valence-electron chi connectivity index (χ0n) is 14.6. The number of ether oxygens (including phenoxy) is 1. The van der Waals surface area contributed by atoms with E-state index in [1.807, 2.05) is 0 Å². The van der Waals surface area contributed by atoms with Gasteiger partial charge in [-0.05, 0) is 50.2 Å². The van der Waals surface area contributed by atoms with Gasteiger partial charge in [0.15, 0.2) is 23.5 Å². The summed E-state index contributed by atoms with van der Waals surface area (Å²) in [7, 11) is 0. The van der Waals surface area contributed by atoms with Gasteiger partial charge in [-0.1, -0.05) is 23.9 Å². The third kappa shape index (κ3) is 4.71. The average molecular weight is 390 g/mol. The number of aromatic nitrogens is 2. The predicted molar refractivity (Wildman–Crippen MR) is 95.8 cm³/mol. The lowest BCUT2D eigenvalue weighted by Gasteiger charge is -2.11. The van der Waals surface area contributed by atoms with E-state index < -0.39 is 23.0 Å². The minimum Gasteiger partial charge on any atom is -0.478 e. The van der Waals surface area contributed by atoms with Gasteiger partial charge in [-0.2, -0.15) is 0 Å². The molecular formula is C19H16F2N2O3S. The van der Waals surface area contributed by atoms with E-state index in [-0.39, 0.29) is 22.6 Å². The first kappa shape index (κ1) is 19.0. The van der Waals surface area contributed by atoms with Gasteiger partial charge < -0.3 is 9.15 Å². The molecule has 2 aromatic carbocycles. The third-order valence-corrected chi connectivity index (χ3v) is 4.62. The van der Waals surface area contributed by atoms with Gasteiger partial charge in [0.1, 0.15) is 5.82 Å². The zero-order valence-corrected chi connectivity index (χ0v) is 15.4. The van der Waals surface area contributed by atoms with Gasteiger partial charge in [-0.25, -0.2) is 8.78 Å². The Bertz CT molecular complexity index is 931. The number of carbonyl (C=O) groups excluding carboxylic acids is 1. The first-order valence-corrected chi connectivity index (χ1v) is 9.03. The summed E-state index contributed by atoms with van der Waals surface area (Å²) >= 11 is 1.09. The largest absolute Gasteiger partial charge is 0.478 e. The van der Waals surface area contributed by atoms with Crippen molar-refractivity contribution in [3.8, 4) is 5.75 Å². The van der Waals surface area contributed by atoms with Crippen LogP contribution in [0.2, 0.25) is 0 Å². The lowest BCUT2D eigenvalue weighted by molar-refractivity contribution is 0.0993. The van der Waals surface area contributed by atoms with Crippen molar-refractivity contribution < 1.29 is 22.7 Å². The van der Waals surface area contributed by atoms with Crippen molar-refractivity contribution >= 4 is 17.5 Å². The van der Waals surface area contributed by atoms with Crippen LogP contribution in [0.15, 0.2) is 58.2 Å². The maximum atomic E-state index is 13.7. The molecule has 1 aromatic heterocycles. The van der Waals surface area contributed by atoms with Crippen LogP contribution in [0.25, 0.3) is 0 Å². The number of rotatable bonds is 7. The van der Waals surface area contributed by atoms with Crippen molar-refractivity contribution in [2.45, 2.75) is 30.4 Å². The smallest absolute Gasteiger partial charge is 0.277 e. The normalized spacial score (nSPS) is 13.2. The minimum atomic E-state index is -0.660. The molecule has 0 saturated heterocycles. The van der Waals surface area contributed by atoms with Crippen molar-refractivity contribution in [2.75, 3.05) is 0 Å². The zero-order chi connectivity index (χ0) is 19.4. The van der Waals surface area contributed by atoms with Crippen LogP contribution in [-0.2, 0) is 0 Å². The molecule has 0 aliphatic heterocycles. The molecule has 0 N–H and O–H groups in total. The van der Waals surface area contributed by atoms with Crippen molar-refractivity contribution in [1.29, 1.82) is 0 Å². The standard InChI is InChI=1S/C19H16F2N2O3S/c1-11(25-16-6-4-3-5-15(16)21)18-22-23-19(26-18)27-12(2)17(24)13-7-9-14(20)10-8-13/h3-12H,1-2H3/t11-,12-/m0/s1. The number of carbonyl (C=O) groups is 1. The number of hydrogen-bond donors (Lipinski definition) is 0. The van der Waals surface area contributed by atoms with Gasteiger partial charge in [0, 0.05) is 5.56 Å². The van der Waals surface area contributed by atoms with Crippen molar-refractivity contribution in [1.82, 2.24) is 10.2 Å². The summed E-state index contributed by atoms with van der Waals surface area (Å²) < 4.78 is 37.6. The number of halogens is 2. The Labute approximate surface area is 158 Å². The number of thioether (sulfide) groups is 1. The number of hydrogen-bond acceptors (Lipinski definition) is 6. The number of benzene rings is 2. The van der Waals surface area contributed by atoms with Gasteiger partial charge in [0.2, 0.25) is 0 Å². The monoisotopic (exact) mass is 390 g/mol. The van der Waals surface area contributed by atoms with E-state index in [9.17, 15) is 13.6 Å². The second-order valence-corrected chi connectivity index (χ2v) is 7.02. The fourth-order valence-corrected chi connectivity index (χ4v) is 3.03. The van der Waals surface area contributed by atoms with Crippen molar-refractivity contribution in [3.63, 3.8) is 0 Å². The van der Waals surface area contributed by atoms with Crippen LogP contribution >= 0.6 is 11.8 Å². The Hall–Kier alpha value is -2.74. The Balaban J connectivity index is 1.64. The number of para-hydroxylation sites is 1. The Kier molecular flexibility index (Phi) is 5.85. The Morgan fingerprint density at radius 2 is 1.78 bits per heavy atom. The molecule has 0 amide bonds. The van der Waals surface area contributed by atoms with Crippen molar-refractivity contribution in [3.05, 3.63) is 71.6 Å². The molecule has 0 fully saturated rings. The van der Waals surface area contributed by atoms with Gasteiger partial charge >= 0.3 is 0 Å². The van der Waals surface area contributed by atoms with Crippen LogP contribution in [0.1, 0.15) is 36.2 Å². The van der Waals surface area contributed by atoms with Gasteiger partial charge in [-0.3, -0.25) is 4.79 Å². The van der Waals surface area contributed by atoms with E-state index >= 15 is 0 Å². The van der Waals surface area contributed by atoms with E-state index in [0.717, 1.165) is 11.8 Å². The third-order valence-electron chi connectivity index (χ3n) is 3.69. The fraction of sp³-hybridized carbons (Fsp3) is 0.211. The maximum absolute atomic E-state index is 13.7.